The van der Waals surface area contributed by atoms with Gasteiger partial charge in [0.25, 0.3) is 0 Å². The van der Waals surface area contributed by atoms with Crippen LogP contribution in [0.5, 0.6) is 11.5 Å². The molecule has 1 unspecified atom stereocenters. The van der Waals surface area contributed by atoms with Crippen LogP contribution in [0.2, 0.25) is 0 Å². The maximum atomic E-state index is 13.0. The average molecular weight is 376 g/mol. The molecule has 1 heterocycles. The van der Waals surface area contributed by atoms with Crippen molar-refractivity contribution in [2.24, 2.45) is 0 Å². The van der Waals surface area contributed by atoms with E-state index < -0.39 is 5.82 Å². The fraction of sp³-hybridized carbons (Fsp3) is 0.130. The van der Waals surface area contributed by atoms with Crippen LogP contribution in [0.25, 0.3) is 0 Å². The van der Waals surface area contributed by atoms with Crippen LogP contribution in [0.15, 0.2) is 72.8 Å². The molecule has 28 heavy (non-hydrogen) atoms. The first-order valence-corrected chi connectivity index (χ1v) is 8.95. The Morgan fingerprint density at radius 1 is 0.893 bits per heavy atom. The molecular weight excluding hydrogens is 359 g/mol. The summed E-state index contributed by atoms with van der Waals surface area (Å²) in [5.41, 5.74) is 1.65. The molecule has 0 spiro atoms. The third kappa shape index (κ3) is 3.64. The molecule has 1 atom stereocenters. The second-order valence-electron chi connectivity index (χ2n) is 6.51. The van der Waals surface area contributed by atoms with Crippen LogP contribution >= 0.6 is 0 Å². The molecule has 0 amide bonds. The first kappa shape index (κ1) is 17.9. The zero-order valence-electron chi connectivity index (χ0n) is 14.9. The molecule has 0 radical (unpaired) electrons. The summed E-state index contributed by atoms with van der Waals surface area (Å²) in [7, 11) is 0. The van der Waals surface area contributed by atoms with Gasteiger partial charge in [0.05, 0.1) is 12.5 Å². The lowest BCUT2D eigenvalue weighted by Crippen LogP contribution is -2.25. The first-order valence-electron chi connectivity index (χ1n) is 8.95. The second-order valence-corrected chi connectivity index (χ2v) is 6.51. The molecule has 0 saturated carbocycles. The SMILES string of the molecule is O=C(c1ccc(F)cc1)c1ccc(OC(=O)C2CCOc3ccccc32)cc1. The average Bonchev–Trinajstić information content (AvgIpc) is 2.74. The van der Waals surface area contributed by atoms with Crippen LogP contribution in [-0.4, -0.2) is 18.4 Å². The van der Waals surface area contributed by atoms with E-state index in [2.05, 4.69) is 0 Å². The summed E-state index contributed by atoms with van der Waals surface area (Å²) in [4.78, 5) is 25.1. The molecule has 0 fully saturated rings. The molecule has 4 nitrogen and oxygen atoms in total. The zero-order valence-corrected chi connectivity index (χ0v) is 14.9. The van der Waals surface area contributed by atoms with E-state index in [-0.39, 0.29) is 17.7 Å². The normalized spacial score (nSPS) is 15.2. The van der Waals surface area contributed by atoms with E-state index in [4.69, 9.17) is 9.47 Å². The van der Waals surface area contributed by atoms with Crippen molar-refractivity contribution < 1.29 is 23.5 Å². The number of esters is 1. The third-order valence-electron chi connectivity index (χ3n) is 4.68. The van der Waals surface area contributed by atoms with Gasteiger partial charge in [0.2, 0.25) is 0 Å². The van der Waals surface area contributed by atoms with Gasteiger partial charge in [-0.2, -0.15) is 0 Å². The van der Waals surface area contributed by atoms with Crippen LogP contribution in [0.1, 0.15) is 33.8 Å². The highest BCUT2D eigenvalue weighted by atomic mass is 19.1. The molecule has 5 heteroatoms. The fourth-order valence-electron chi connectivity index (χ4n) is 3.22. The van der Waals surface area contributed by atoms with E-state index in [0.717, 1.165) is 5.56 Å². The summed E-state index contributed by atoms with van der Waals surface area (Å²) in [6.45, 7) is 0.460. The highest BCUT2D eigenvalue weighted by Gasteiger charge is 2.29. The van der Waals surface area contributed by atoms with Gasteiger partial charge in [-0.3, -0.25) is 9.59 Å². The van der Waals surface area contributed by atoms with Crippen LogP contribution < -0.4 is 9.47 Å². The molecule has 4 rings (SSSR count). The monoisotopic (exact) mass is 376 g/mol. The molecule has 0 bridgehead atoms. The van der Waals surface area contributed by atoms with Gasteiger partial charge in [0, 0.05) is 16.7 Å². The molecule has 0 N–H and O–H groups in total. The quantitative estimate of drug-likeness (QED) is 0.381. The Morgan fingerprint density at radius 3 is 2.25 bits per heavy atom. The number of ketones is 1. The highest BCUT2D eigenvalue weighted by Crippen LogP contribution is 2.34. The van der Waals surface area contributed by atoms with Crippen LogP contribution in [-0.2, 0) is 4.79 Å². The first-order chi connectivity index (χ1) is 13.6. The van der Waals surface area contributed by atoms with Crippen molar-refractivity contribution in [2.45, 2.75) is 12.3 Å². The molecule has 0 aromatic heterocycles. The van der Waals surface area contributed by atoms with Gasteiger partial charge in [-0.25, -0.2) is 4.39 Å². The lowest BCUT2D eigenvalue weighted by molar-refractivity contribution is -0.136. The van der Waals surface area contributed by atoms with Gasteiger partial charge in [0.15, 0.2) is 5.78 Å². The van der Waals surface area contributed by atoms with E-state index in [1.807, 2.05) is 24.3 Å². The highest BCUT2D eigenvalue weighted by molar-refractivity contribution is 6.09. The van der Waals surface area contributed by atoms with Crippen molar-refractivity contribution in [3.63, 3.8) is 0 Å². The zero-order chi connectivity index (χ0) is 19.5. The van der Waals surface area contributed by atoms with E-state index >= 15 is 0 Å². The number of carbonyl (C=O) groups excluding carboxylic acids is 2. The summed E-state index contributed by atoms with van der Waals surface area (Å²) < 4.78 is 24.1. The van der Waals surface area contributed by atoms with Crippen LogP contribution in [0, 0.1) is 5.82 Å². The minimum Gasteiger partial charge on any atom is -0.493 e. The van der Waals surface area contributed by atoms with Gasteiger partial charge in [-0.15, -0.1) is 0 Å². The van der Waals surface area contributed by atoms with Gasteiger partial charge < -0.3 is 9.47 Å². The Labute approximate surface area is 161 Å². The molecule has 3 aromatic carbocycles. The number of hydrogen-bond donors (Lipinski definition) is 0. The molecule has 0 aliphatic carbocycles. The topological polar surface area (TPSA) is 52.6 Å². The molecule has 140 valence electrons. The Hall–Kier alpha value is -3.47. The number of fused-ring (bicyclic) bond motifs is 1. The number of para-hydroxylation sites is 1. The Kier molecular flexibility index (Phi) is 4.89. The van der Waals surface area contributed by atoms with E-state index in [1.54, 1.807) is 24.3 Å². The molecule has 1 aliphatic rings. The van der Waals surface area contributed by atoms with Gasteiger partial charge >= 0.3 is 5.97 Å². The smallest absolute Gasteiger partial charge is 0.319 e. The number of rotatable bonds is 4. The molecule has 1 aliphatic heterocycles. The largest absolute Gasteiger partial charge is 0.493 e. The molecule has 3 aromatic rings. The lowest BCUT2D eigenvalue weighted by Gasteiger charge is -2.24. The number of benzene rings is 3. The predicted octanol–water partition coefficient (Wildman–Crippen LogP) is 4.53. The summed E-state index contributed by atoms with van der Waals surface area (Å²) in [5, 5.41) is 0. The maximum absolute atomic E-state index is 13.0. The van der Waals surface area contributed by atoms with Crippen molar-refractivity contribution >= 4 is 11.8 Å². The molecule has 0 saturated heterocycles. The van der Waals surface area contributed by atoms with E-state index in [1.165, 1.54) is 24.3 Å². The van der Waals surface area contributed by atoms with Crippen molar-refractivity contribution in [1.82, 2.24) is 0 Å². The minimum atomic E-state index is -0.395. The molecular formula is C23H17FO4. The minimum absolute atomic E-state index is 0.226. The fourth-order valence-corrected chi connectivity index (χ4v) is 3.22. The third-order valence-corrected chi connectivity index (χ3v) is 4.68. The predicted molar refractivity (Wildman–Crippen MR) is 101 cm³/mol. The Balaban J connectivity index is 1.47. The Morgan fingerprint density at radius 2 is 1.54 bits per heavy atom. The van der Waals surface area contributed by atoms with Gasteiger partial charge in [-0.1, -0.05) is 18.2 Å². The Bertz CT molecular complexity index is 1010. The van der Waals surface area contributed by atoms with E-state index in [9.17, 15) is 14.0 Å². The number of carbonyl (C=O) groups is 2. The second kappa shape index (κ2) is 7.64. The summed E-state index contributed by atoms with van der Waals surface area (Å²) in [5.74, 6) is -0.288. The van der Waals surface area contributed by atoms with Crippen molar-refractivity contribution in [3.8, 4) is 11.5 Å². The van der Waals surface area contributed by atoms with Crippen LogP contribution in [0.4, 0.5) is 4.39 Å². The van der Waals surface area contributed by atoms with Gasteiger partial charge in [-0.05, 0) is 61.0 Å². The maximum Gasteiger partial charge on any atom is 0.319 e. The van der Waals surface area contributed by atoms with Gasteiger partial charge in [0.1, 0.15) is 17.3 Å². The number of hydrogen-bond acceptors (Lipinski definition) is 4. The standard InChI is InChI=1S/C23H17FO4/c24-17-9-5-15(6-10-17)22(25)16-7-11-18(12-8-16)28-23(26)20-13-14-27-21-4-2-1-3-19(20)21/h1-12,20H,13-14H2. The van der Waals surface area contributed by atoms with E-state index in [0.29, 0.717) is 35.7 Å². The lowest BCUT2D eigenvalue weighted by atomic mass is 9.93. The van der Waals surface area contributed by atoms with Crippen molar-refractivity contribution in [3.05, 3.63) is 95.3 Å². The van der Waals surface area contributed by atoms with Crippen LogP contribution in [0.3, 0.4) is 0 Å². The summed E-state index contributed by atoms with van der Waals surface area (Å²) in [6, 6.07) is 19.1. The summed E-state index contributed by atoms with van der Waals surface area (Å²) >= 11 is 0. The van der Waals surface area contributed by atoms with Crippen molar-refractivity contribution in [1.29, 1.82) is 0 Å². The van der Waals surface area contributed by atoms with Crippen molar-refractivity contribution in [2.75, 3.05) is 6.61 Å². The number of halogens is 1. The summed E-state index contributed by atoms with van der Waals surface area (Å²) in [6.07, 6.45) is 0.553. The number of ether oxygens (including phenoxy) is 2.